The summed E-state index contributed by atoms with van der Waals surface area (Å²) in [7, 11) is 4.08. The molecular weight excluding hydrogens is 340 g/mol. The molecule has 0 fully saturated rings. The van der Waals surface area contributed by atoms with Crippen molar-refractivity contribution in [1.82, 2.24) is 10.2 Å². The number of nitrogens with zero attached hydrogens (tertiary/aromatic N) is 1. The molecule has 0 heterocycles. The van der Waals surface area contributed by atoms with Crippen molar-refractivity contribution >= 4 is 33.4 Å². The first-order valence-corrected chi connectivity index (χ1v) is 7.88. The Bertz CT molecular complexity index is 463. The average Bonchev–Trinajstić information content (AvgIpc) is 2.36. The zero-order valence-corrected chi connectivity index (χ0v) is 14.8. The van der Waals surface area contributed by atoms with Crippen LogP contribution in [0.25, 0.3) is 0 Å². The molecule has 0 aliphatic rings. The van der Waals surface area contributed by atoms with E-state index in [0.717, 1.165) is 10.9 Å². The van der Waals surface area contributed by atoms with Gasteiger partial charge in [-0.1, -0.05) is 25.4 Å². The van der Waals surface area contributed by atoms with E-state index < -0.39 is 0 Å². The van der Waals surface area contributed by atoms with Gasteiger partial charge in [0.2, 0.25) is 0 Å². The van der Waals surface area contributed by atoms with E-state index in [1.54, 1.807) is 18.2 Å². The summed E-state index contributed by atoms with van der Waals surface area (Å²) in [5.74, 6) is 0.530. The quantitative estimate of drug-likeness (QED) is 0.835. The maximum atomic E-state index is 12.1. The number of amides is 1. The summed E-state index contributed by atoms with van der Waals surface area (Å²) < 4.78 is 0.734. The van der Waals surface area contributed by atoms with Crippen LogP contribution < -0.4 is 5.32 Å². The van der Waals surface area contributed by atoms with Crippen molar-refractivity contribution in [3.05, 3.63) is 33.3 Å². The fourth-order valence-corrected chi connectivity index (χ4v) is 2.47. The minimum absolute atomic E-state index is 0.0713. The van der Waals surface area contributed by atoms with Gasteiger partial charge >= 0.3 is 0 Å². The molecule has 3 nitrogen and oxygen atoms in total. The Balaban J connectivity index is 2.63. The van der Waals surface area contributed by atoms with Crippen molar-refractivity contribution in [3.8, 4) is 0 Å². The standard InChI is InChI=1S/C15H22BrClN2O/c1-10(2)7-12(19(3)4)9-18-15(20)11-5-6-14(17)13(16)8-11/h5-6,8,10,12H,7,9H2,1-4H3,(H,18,20). The molecule has 0 spiro atoms. The molecule has 1 N–H and O–H groups in total. The third-order valence-corrected chi connectivity index (χ3v) is 4.37. The minimum Gasteiger partial charge on any atom is -0.350 e. The number of benzene rings is 1. The van der Waals surface area contributed by atoms with Crippen LogP contribution in [0.4, 0.5) is 0 Å². The highest BCUT2D eigenvalue weighted by atomic mass is 79.9. The van der Waals surface area contributed by atoms with Crippen molar-refractivity contribution in [3.63, 3.8) is 0 Å². The maximum Gasteiger partial charge on any atom is 0.251 e. The van der Waals surface area contributed by atoms with Crippen molar-refractivity contribution in [2.75, 3.05) is 20.6 Å². The Labute approximate surface area is 134 Å². The van der Waals surface area contributed by atoms with E-state index in [4.69, 9.17) is 11.6 Å². The second-order valence-electron chi connectivity index (χ2n) is 5.59. The fourth-order valence-electron chi connectivity index (χ4n) is 1.97. The number of carbonyl (C=O) groups excluding carboxylic acids is 1. The van der Waals surface area contributed by atoms with Gasteiger partial charge < -0.3 is 10.2 Å². The summed E-state index contributed by atoms with van der Waals surface area (Å²) in [5, 5.41) is 3.59. The fraction of sp³-hybridized carbons (Fsp3) is 0.533. The summed E-state index contributed by atoms with van der Waals surface area (Å²) in [6.45, 7) is 5.02. The summed E-state index contributed by atoms with van der Waals surface area (Å²) in [6, 6.07) is 5.54. The highest BCUT2D eigenvalue weighted by molar-refractivity contribution is 9.10. The molecule has 20 heavy (non-hydrogen) atoms. The average molecular weight is 362 g/mol. The van der Waals surface area contributed by atoms with Crippen LogP contribution in [-0.2, 0) is 0 Å². The van der Waals surface area contributed by atoms with Gasteiger partial charge in [0.25, 0.3) is 5.91 Å². The maximum absolute atomic E-state index is 12.1. The van der Waals surface area contributed by atoms with Gasteiger partial charge in [-0.2, -0.15) is 0 Å². The van der Waals surface area contributed by atoms with Gasteiger partial charge in [0, 0.05) is 22.6 Å². The first kappa shape index (κ1) is 17.5. The zero-order chi connectivity index (χ0) is 15.3. The van der Waals surface area contributed by atoms with Crippen LogP contribution in [-0.4, -0.2) is 37.5 Å². The molecule has 0 aliphatic heterocycles. The molecule has 112 valence electrons. The number of hydrogen-bond donors (Lipinski definition) is 1. The summed E-state index contributed by atoms with van der Waals surface area (Å²) in [4.78, 5) is 14.3. The van der Waals surface area contributed by atoms with Crippen LogP contribution in [0.3, 0.4) is 0 Å². The van der Waals surface area contributed by atoms with Crippen molar-refractivity contribution < 1.29 is 4.79 Å². The van der Waals surface area contributed by atoms with Gasteiger partial charge in [0.05, 0.1) is 5.02 Å². The lowest BCUT2D eigenvalue weighted by Gasteiger charge is -2.26. The van der Waals surface area contributed by atoms with Gasteiger partial charge in [-0.3, -0.25) is 4.79 Å². The number of hydrogen-bond acceptors (Lipinski definition) is 2. The van der Waals surface area contributed by atoms with Gasteiger partial charge in [-0.05, 0) is 60.6 Å². The summed E-state index contributed by atoms with van der Waals surface area (Å²) >= 11 is 9.26. The van der Waals surface area contributed by atoms with E-state index in [0.29, 0.717) is 29.1 Å². The lowest BCUT2D eigenvalue weighted by atomic mass is 10.0. The topological polar surface area (TPSA) is 32.3 Å². The van der Waals surface area contributed by atoms with Crippen LogP contribution in [0.2, 0.25) is 5.02 Å². The molecule has 0 saturated carbocycles. The van der Waals surface area contributed by atoms with Crippen molar-refractivity contribution in [1.29, 1.82) is 0 Å². The molecule has 1 aromatic carbocycles. The third-order valence-electron chi connectivity index (χ3n) is 3.15. The number of halogens is 2. The lowest BCUT2D eigenvalue weighted by Crippen LogP contribution is -2.41. The van der Waals surface area contributed by atoms with Gasteiger partial charge in [0.1, 0.15) is 0 Å². The van der Waals surface area contributed by atoms with E-state index in [9.17, 15) is 4.79 Å². The molecule has 5 heteroatoms. The lowest BCUT2D eigenvalue weighted by molar-refractivity contribution is 0.0938. The van der Waals surface area contributed by atoms with Crippen molar-refractivity contribution in [2.45, 2.75) is 26.3 Å². The number of nitrogens with one attached hydrogen (secondary N) is 1. The van der Waals surface area contributed by atoms with E-state index in [1.807, 2.05) is 14.1 Å². The van der Waals surface area contributed by atoms with E-state index in [1.165, 1.54) is 0 Å². The Morgan fingerprint density at radius 2 is 2.05 bits per heavy atom. The summed E-state index contributed by atoms with van der Waals surface area (Å²) in [6.07, 6.45) is 1.05. The predicted octanol–water partition coefficient (Wildman–Crippen LogP) is 3.81. The largest absolute Gasteiger partial charge is 0.350 e. The molecular formula is C15H22BrClN2O. The normalized spacial score (nSPS) is 12.8. The molecule has 0 bridgehead atoms. The monoisotopic (exact) mass is 360 g/mol. The van der Waals surface area contributed by atoms with Crippen LogP contribution in [0.5, 0.6) is 0 Å². The van der Waals surface area contributed by atoms with Crippen LogP contribution in [0, 0.1) is 5.92 Å². The molecule has 1 rings (SSSR count). The number of carbonyl (C=O) groups is 1. The highest BCUT2D eigenvalue weighted by Crippen LogP contribution is 2.23. The second kappa shape index (κ2) is 8.01. The molecule has 0 aliphatic carbocycles. The van der Waals surface area contributed by atoms with Gasteiger partial charge in [-0.15, -0.1) is 0 Å². The molecule has 0 radical (unpaired) electrons. The molecule has 0 saturated heterocycles. The zero-order valence-electron chi connectivity index (χ0n) is 12.4. The number of rotatable bonds is 6. The molecule has 1 atom stereocenters. The minimum atomic E-state index is -0.0713. The van der Waals surface area contributed by atoms with E-state index in [2.05, 4.69) is 40.0 Å². The smallest absolute Gasteiger partial charge is 0.251 e. The second-order valence-corrected chi connectivity index (χ2v) is 6.85. The summed E-state index contributed by atoms with van der Waals surface area (Å²) in [5.41, 5.74) is 0.614. The van der Waals surface area contributed by atoms with Crippen LogP contribution in [0.1, 0.15) is 30.6 Å². The Hall–Kier alpha value is -0.580. The third kappa shape index (κ3) is 5.43. The predicted molar refractivity (Wildman–Crippen MR) is 88.4 cm³/mol. The molecule has 1 unspecified atom stereocenters. The number of likely N-dealkylation sites (N-methyl/N-ethyl adjacent to an activating group) is 1. The van der Waals surface area contributed by atoms with Gasteiger partial charge in [-0.25, -0.2) is 0 Å². The molecule has 1 amide bonds. The van der Waals surface area contributed by atoms with E-state index in [-0.39, 0.29) is 5.91 Å². The first-order chi connectivity index (χ1) is 9.31. The molecule has 0 aromatic heterocycles. The Morgan fingerprint density at radius 3 is 2.55 bits per heavy atom. The molecule has 1 aromatic rings. The van der Waals surface area contributed by atoms with E-state index >= 15 is 0 Å². The van der Waals surface area contributed by atoms with Crippen LogP contribution >= 0.6 is 27.5 Å². The Kier molecular flexibility index (Phi) is 7.00. The highest BCUT2D eigenvalue weighted by Gasteiger charge is 2.15. The van der Waals surface area contributed by atoms with Crippen LogP contribution in [0.15, 0.2) is 22.7 Å². The van der Waals surface area contributed by atoms with Crippen molar-refractivity contribution in [2.24, 2.45) is 5.92 Å². The Morgan fingerprint density at radius 1 is 1.40 bits per heavy atom. The van der Waals surface area contributed by atoms with Gasteiger partial charge in [0.15, 0.2) is 0 Å². The SMILES string of the molecule is CC(C)CC(CNC(=O)c1ccc(Cl)c(Br)c1)N(C)C. The first-order valence-electron chi connectivity index (χ1n) is 6.71.